The Bertz CT molecular complexity index is 758. The Kier molecular flexibility index (Phi) is 6.71. The van der Waals surface area contributed by atoms with Gasteiger partial charge in [-0.25, -0.2) is 0 Å². The van der Waals surface area contributed by atoms with Gasteiger partial charge in [0.2, 0.25) is 0 Å². The first-order valence-corrected chi connectivity index (χ1v) is 9.58. The van der Waals surface area contributed by atoms with E-state index in [2.05, 4.69) is 46.4 Å². The number of phenolic OH excluding ortho intramolecular Hbond substituents is 1. The SMILES string of the molecule is CN=C(NCCCc1ccc(O)cc1)N1CCOC(c2ccccc2C)C1. The zero-order valence-corrected chi connectivity index (χ0v) is 16.2. The molecule has 1 aliphatic heterocycles. The number of hydrogen-bond donors (Lipinski definition) is 2. The highest BCUT2D eigenvalue weighted by Crippen LogP contribution is 2.24. The van der Waals surface area contributed by atoms with Crippen LogP contribution in [0.25, 0.3) is 0 Å². The van der Waals surface area contributed by atoms with Crippen molar-refractivity contribution in [1.82, 2.24) is 10.2 Å². The summed E-state index contributed by atoms with van der Waals surface area (Å²) in [4.78, 5) is 6.74. The predicted molar refractivity (Wildman–Crippen MR) is 109 cm³/mol. The van der Waals surface area contributed by atoms with Crippen molar-refractivity contribution in [2.45, 2.75) is 25.9 Å². The number of nitrogens with one attached hydrogen (secondary N) is 1. The molecule has 1 saturated heterocycles. The van der Waals surface area contributed by atoms with Crippen molar-refractivity contribution in [3.63, 3.8) is 0 Å². The van der Waals surface area contributed by atoms with Crippen LogP contribution < -0.4 is 5.32 Å². The third-order valence-electron chi connectivity index (χ3n) is 4.97. The van der Waals surface area contributed by atoms with E-state index in [1.807, 2.05) is 19.2 Å². The average molecular weight is 367 g/mol. The van der Waals surface area contributed by atoms with E-state index in [4.69, 9.17) is 4.74 Å². The minimum Gasteiger partial charge on any atom is -0.508 e. The number of nitrogens with zero attached hydrogens (tertiary/aromatic N) is 2. The normalized spacial score (nSPS) is 17.8. The Morgan fingerprint density at radius 3 is 2.74 bits per heavy atom. The van der Waals surface area contributed by atoms with Crippen LogP contribution in [0.4, 0.5) is 0 Å². The monoisotopic (exact) mass is 367 g/mol. The van der Waals surface area contributed by atoms with Crippen LogP contribution in [-0.4, -0.2) is 49.3 Å². The van der Waals surface area contributed by atoms with Crippen LogP contribution in [0.3, 0.4) is 0 Å². The van der Waals surface area contributed by atoms with Crippen molar-refractivity contribution in [2.75, 3.05) is 33.3 Å². The third-order valence-corrected chi connectivity index (χ3v) is 4.97. The fraction of sp³-hybridized carbons (Fsp3) is 0.409. The van der Waals surface area contributed by atoms with Gasteiger partial charge in [0.15, 0.2) is 5.96 Å². The molecule has 27 heavy (non-hydrogen) atoms. The molecule has 5 nitrogen and oxygen atoms in total. The van der Waals surface area contributed by atoms with Gasteiger partial charge in [-0.1, -0.05) is 36.4 Å². The maximum atomic E-state index is 9.35. The molecule has 0 aliphatic carbocycles. The summed E-state index contributed by atoms with van der Waals surface area (Å²) < 4.78 is 6.02. The molecule has 1 aliphatic rings. The predicted octanol–water partition coefficient (Wildman–Crippen LogP) is 3.28. The second-order valence-electron chi connectivity index (χ2n) is 6.91. The molecule has 1 heterocycles. The molecule has 5 heteroatoms. The average Bonchev–Trinajstić information content (AvgIpc) is 2.70. The Morgan fingerprint density at radius 2 is 2.00 bits per heavy atom. The molecular formula is C22H29N3O2. The topological polar surface area (TPSA) is 57.1 Å². The van der Waals surface area contributed by atoms with E-state index in [0.29, 0.717) is 12.4 Å². The summed E-state index contributed by atoms with van der Waals surface area (Å²) >= 11 is 0. The molecule has 0 spiro atoms. The van der Waals surface area contributed by atoms with E-state index in [0.717, 1.165) is 38.4 Å². The lowest BCUT2D eigenvalue weighted by atomic mass is 10.0. The minimum atomic E-state index is 0.0792. The number of morpholine rings is 1. The molecule has 3 rings (SSSR count). The van der Waals surface area contributed by atoms with Crippen molar-refractivity contribution in [2.24, 2.45) is 4.99 Å². The maximum Gasteiger partial charge on any atom is 0.193 e. The van der Waals surface area contributed by atoms with Crippen molar-refractivity contribution >= 4 is 5.96 Å². The molecule has 2 N–H and O–H groups in total. The van der Waals surface area contributed by atoms with Crippen molar-refractivity contribution in [3.05, 3.63) is 65.2 Å². The number of aliphatic imine (C=N–C) groups is 1. The van der Waals surface area contributed by atoms with Gasteiger partial charge in [0.1, 0.15) is 11.9 Å². The van der Waals surface area contributed by atoms with Gasteiger partial charge in [-0.05, 0) is 48.6 Å². The zero-order chi connectivity index (χ0) is 19.1. The molecule has 0 amide bonds. The fourth-order valence-corrected chi connectivity index (χ4v) is 3.47. The summed E-state index contributed by atoms with van der Waals surface area (Å²) in [7, 11) is 1.83. The van der Waals surface area contributed by atoms with Crippen LogP contribution >= 0.6 is 0 Å². The van der Waals surface area contributed by atoms with Gasteiger partial charge in [0.05, 0.1) is 13.2 Å². The number of rotatable bonds is 5. The summed E-state index contributed by atoms with van der Waals surface area (Å²) in [5.74, 6) is 1.25. The lowest BCUT2D eigenvalue weighted by Gasteiger charge is -2.35. The number of aromatic hydroxyl groups is 1. The Balaban J connectivity index is 1.51. The number of hydrogen-bond acceptors (Lipinski definition) is 3. The third kappa shape index (κ3) is 5.23. The Labute approximate surface area is 161 Å². The van der Waals surface area contributed by atoms with Gasteiger partial charge in [-0.2, -0.15) is 0 Å². The molecule has 0 radical (unpaired) electrons. The van der Waals surface area contributed by atoms with Crippen molar-refractivity contribution < 1.29 is 9.84 Å². The van der Waals surface area contributed by atoms with Gasteiger partial charge in [-0.3, -0.25) is 4.99 Å². The molecular weight excluding hydrogens is 338 g/mol. The summed E-state index contributed by atoms with van der Waals surface area (Å²) in [5.41, 5.74) is 3.75. The zero-order valence-electron chi connectivity index (χ0n) is 16.2. The van der Waals surface area contributed by atoms with Crippen LogP contribution in [0.2, 0.25) is 0 Å². The molecule has 0 saturated carbocycles. The fourth-order valence-electron chi connectivity index (χ4n) is 3.47. The lowest BCUT2D eigenvalue weighted by molar-refractivity contribution is -0.00830. The van der Waals surface area contributed by atoms with Gasteiger partial charge >= 0.3 is 0 Å². The van der Waals surface area contributed by atoms with Gasteiger partial charge in [-0.15, -0.1) is 0 Å². The number of benzene rings is 2. The first kappa shape index (κ1) is 19.2. The maximum absolute atomic E-state index is 9.35. The largest absolute Gasteiger partial charge is 0.508 e. The van der Waals surface area contributed by atoms with E-state index in [9.17, 15) is 5.11 Å². The number of guanidine groups is 1. The smallest absolute Gasteiger partial charge is 0.193 e. The van der Waals surface area contributed by atoms with Gasteiger partial charge < -0.3 is 20.1 Å². The van der Waals surface area contributed by atoms with E-state index < -0.39 is 0 Å². The first-order chi connectivity index (χ1) is 13.2. The molecule has 144 valence electrons. The van der Waals surface area contributed by atoms with Gasteiger partial charge in [0.25, 0.3) is 0 Å². The first-order valence-electron chi connectivity index (χ1n) is 9.58. The number of phenols is 1. The molecule has 2 aromatic rings. The molecule has 1 fully saturated rings. The van der Waals surface area contributed by atoms with E-state index in [-0.39, 0.29) is 6.10 Å². The Morgan fingerprint density at radius 1 is 1.22 bits per heavy atom. The molecule has 1 atom stereocenters. The second kappa shape index (κ2) is 9.42. The van der Waals surface area contributed by atoms with Crippen LogP contribution in [0.5, 0.6) is 5.75 Å². The standard InChI is InChI=1S/C22H29N3O2/c1-17-6-3-4-8-20(17)21-16-25(14-15-27-21)22(23-2)24-13-5-7-18-9-11-19(26)12-10-18/h3-4,6,8-12,21,26H,5,7,13-16H2,1-2H3,(H,23,24). The Hall–Kier alpha value is -2.53. The van der Waals surface area contributed by atoms with E-state index in [1.54, 1.807) is 12.1 Å². The summed E-state index contributed by atoms with van der Waals surface area (Å²) in [6, 6.07) is 15.8. The summed E-state index contributed by atoms with van der Waals surface area (Å²) in [6.07, 6.45) is 2.06. The number of ether oxygens (including phenoxy) is 1. The van der Waals surface area contributed by atoms with Crippen LogP contribution in [0.15, 0.2) is 53.5 Å². The minimum absolute atomic E-state index is 0.0792. The lowest BCUT2D eigenvalue weighted by Crippen LogP contribution is -2.48. The van der Waals surface area contributed by atoms with Crippen molar-refractivity contribution in [3.8, 4) is 5.75 Å². The van der Waals surface area contributed by atoms with Crippen molar-refractivity contribution in [1.29, 1.82) is 0 Å². The summed E-state index contributed by atoms with van der Waals surface area (Å²) in [5, 5.41) is 12.8. The molecule has 2 aromatic carbocycles. The molecule has 0 bridgehead atoms. The summed E-state index contributed by atoms with van der Waals surface area (Å²) in [6.45, 7) is 5.35. The van der Waals surface area contributed by atoms with E-state index in [1.165, 1.54) is 16.7 Å². The quantitative estimate of drug-likeness (QED) is 0.484. The van der Waals surface area contributed by atoms with Crippen LogP contribution in [-0.2, 0) is 11.2 Å². The highest BCUT2D eigenvalue weighted by molar-refractivity contribution is 5.80. The van der Waals surface area contributed by atoms with Gasteiger partial charge in [0, 0.05) is 20.1 Å². The second-order valence-corrected chi connectivity index (χ2v) is 6.91. The van der Waals surface area contributed by atoms with E-state index >= 15 is 0 Å². The molecule has 1 unspecified atom stereocenters. The number of aryl methyl sites for hydroxylation is 2. The van der Waals surface area contributed by atoms with Crippen LogP contribution in [0, 0.1) is 6.92 Å². The van der Waals surface area contributed by atoms with Crippen LogP contribution in [0.1, 0.15) is 29.2 Å². The highest BCUT2D eigenvalue weighted by Gasteiger charge is 2.24. The molecule has 0 aromatic heterocycles. The highest BCUT2D eigenvalue weighted by atomic mass is 16.5.